The third-order valence-corrected chi connectivity index (χ3v) is 2.72. The normalized spacial score (nSPS) is 13.7. The summed E-state index contributed by atoms with van der Waals surface area (Å²) in [7, 11) is 0. The number of rotatable bonds is 2. The Labute approximate surface area is 88.1 Å². The zero-order chi connectivity index (χ0) is 10.8. The SMILES string of the molecule is CCOC(=O)c1ccc(F)c2c1CCC2. The van der Waals surface area contributed by atoms with Crippen LogP contribution in [0.5, 0.6) is 0 Å². The maximum atomic E-state index is 13.4. The molecule has 0 atom stereocenters. The standard InChI is InChI=1S/C12H13FO2/c1-2-15-12(14)10-6-7-11(13)9-5-3-4-8(9)10/h6-7H,2-5H2,1H3. The minimum Gasteiger partial charge on any atom is -0.462 e. The van der Waals surface area contributed by atoms with E-state index in [-0.39, 0.29) is 11.8 Å². The highest BCUT2D eigenvalue weighted by atomic mass is 19.1. The molecule has 0 aliphatic heterocycles. The Hall–Kier alpha value is -1.38. The molecule has 1 aliphatic carbocycles. The third kappa shape index (κ3) is 1.74. The highest BCUT2D eigenvalue weighted by Gasteiger charge is 2.22. The monoisotopic (exact) mass is 208 g/mol. The van der Waals surface area contributed by atoms with Gasteiger partial charge in [0, 0.05) is 0 Å². The smallest absolute Gasteiger partial charge is 0.338 e. The van der Waals surface area contributed by atoms with Gasteiger partial charge in [0.15, 0.2) is 0 Å². The van der Waals surface area contributed by atoms with Crippen molar-refractivity contribution in [3.8, 4) is 0 Å². The second-order valence-corrected chi connectivity index (χ2v) is 3.63. The molecule has 0 unspecified atom stereocenters. The molecule has 0 N–H and O–H groups in total. The van der Waals surface area contributed by atoms with Crippen LogP contribution in [0.2, 0.25) is 0 Å². The summed E-state index contributed by atoms with van der Waals surface area (Å²) in [6.07, 6.45) is 2.43. The Morgan fingerprint density at radius 3 is 2.87 bits per heavy atom. The van der Waals surface area contributed by atoms with Crippen molar-refractivity contribution in [2.45, 2.75) is 26.2 Å². The molecule has 0 amide bonds. The Kier molecular flexibility index (Phi) is 2.71. The van der Waals surface area contributed by atoms with Crippen LogP contribution in [0.4, 0.5) is 4.39 Å². The number of carbonyl (C=O) groups excluding carboxylic acids is 1. The summed E-state index contributed by atoms with van der Waals surface area (Å²) in [4.78, 5) is 11.6. The van der Waals surface area contributed by atoms with Crippen LogP contribution < -0.4 is 0 Å². The first kappa shape index (κ1) is 10.1. The van der Waals surface area contributed by atoms with E-state index in [4.69, 9.17) is 4.74 Å². The molecular formula is C12H13FO2. The van der Waals surface area contributed by atoms with Crippen molar-refractivity contribution in [2.75, 3.05) is 6.61 Å². The van der Waals surface area contributed by atoms with Gasteiger partial charge < -0.3 is 4.74 Å². The Balaban J connectivity index is 2.41. The quantitative estimate of drug-likeness (QED) is 0.698. The molecule has 0 saturated heterocycles. The highest BCUT2D eigenvalue weighted by molar-refractivity contribution is 5.91. The number of hydrogen-bond donors (Lipinski definition) is 0. The lowest BCUT2D eigenvalue weighted by atomic mass is 10.0. The summed E-state index contributed by atoms with van der Waals surface area (Å²) >= 11 is 0. The van der Waals surface area contributed by atoms with Gasteiger partial charge in [0.1, 0.15) is 5.82 Å². The number of benzene rings is 1. The zero-order valence-electron chi connectivity index (χ0n) is 8.68. The fourth-order valence-corrected chi connectivity index (χ4v) is 2.06. The molecule has 0 spiro atoms. The van der Waals surface area contributed by atoms with Gasteiger partial charge in [-0.25, -0.2) is 9.18 Å². The molecule has 0 fully saturated rings. The fraction of sp³-hybridized carbons (Fsp3) is 0.417. The number of carbonyl (C=O) groups is 1. The van der Waals surface area contributed by atoms with Crippen LogP contribution in [0.25, 0.3) is 0 Å². The van der Waals surface area contributed by atoms with Gasteiger partial charge in [0.2, 0.25) is 0 Å². The Morgan fingerprint density at radius 2 is 2.13 bits per heavy atom. The molecule has 0 saturated carbocycles. The number of halogens is 1. The lowest BCUT2D eigenvalue weighted by Crippen LogP contribution is -2.08. The predicted octanol–water partition coefficient (Wildman–Crippen LogP) is 2.49. The lowest BCUT2D eigenvalue weighted by Gasteiger charge is -2.08. The summed E-state index contributed by atoms with van der Waals surface area (Å²) in [5.41, 5.74) is 2.07. The topological polar surface area (TPSA) is 26.3 Å². The van der Waals surface area contributed by atoms with Crippen molar-refractivity contribution < 1.29 is 13.9 Å². The first-order valence-electron chi connectivity index (χ1n) is 5.21. The molecule has 1 aliphatic rings. The van der Waals surface area contributed by atoms with E-state index in [1.54, 1.807) is 6.92 Å². The lowest BCUT2D eigenvalue weighted by molar-refractivity contribution is 0.0525. The number of ether oxygens (including phenoxy) is 1. The molecule has 1 aromatic carbocycles. The minimum absolute atomic E-state index is 0.199. The van der Waals surface area contributed by atoms with Crippen LogP contribution in [0, 0.1) is 5.82 Å². The molecule has 2 rings (SSSR count). The molecule has 80 valence electrons. The van der Waals surface area contributed by atoms with Crippen molar-refractivity contribution in [1.29, 1.82) is 0 Å². The third-order valence-electron chi connectivity index (χ3n) is 2.72. The molecule has 1 aromatic rings. The summed E-state index contributed by atoms with van der Waals surface area (Å²) < 4.78 is 18.3. The van der Waals surface area contributed by atoms with Gasteiger partial charge in [-0.2, -0.15) is 0 Å². The van der Waals surface area contributed by atoms with E-state index >= 15 is 0 Å². The molecule has 3 heteroatoms. The van der Waals surface area contributed by atoms with E-state index < -0.39 is 0 Å². The van der Waals surface area contributed by atoms with Crippen molar-refractivity contribution in [3.05, 3.63) is 34.6 Å². The summed E-state index contributed by atoms with van der Waals surface area (Å²) in [6, 6.07) is 2.88. The van der Waals surface area contributed by atoms with Crippen LogP contribution in [-0.4, -0.2) is 12.6 Å². The van der Waals surface area contributed by atoms with Crippen molar-refractivity contribution >= 4 is 5.97 Å². The van der Waals surface area contributed by atoms with Gasteiger partial charge in [-0.3, -0.25) is 0 Å². The van der Waals surface area contributed by atoms with Gasteiger partial charge in [-0.1, -0.05) is 0 Å². The first-order valence-corrected chi connectivity index (χ1v) is 5.21. The summed E-state index contributed by atoms with van der Waals surface area (Å²) in [5.74, 6) is -0.536. The van der Waals surface area contributed by atoms with E-state index in [0.717, 1.165) is 24.8 Å². The number of fused-ring (bicyclic) bond motifs is 1. The molecule has 2 nitrogen and oxygen atoms in total. The second-order valence-electron chi connectivity index (χ2n) is 3.63. The maximum absolute atomic E-state index is 13.4. The van der Waals surface area contributed by atoms with E-state index in [1.807, 2.05) is 0 Å². The van der Waals surface area contributed by atoms with E-state index in [0.29, 0.717) is 17.7 Å². The number of esters is 1. The van der Waals surface area contributed by atoms with Crippen LogP contribution in [0.15, 0.2) is 12.1 Å². The van der Waals surface area contributed by atoms with Gasteiger partial charge >= 0.3 is 5.97 Å². The van der Waals surface area contributed by atoms with E-state index in [9.17, 15) is 9.18 Å². The predicted molar refractivity (Wildman–Crippen MR) is 54.4 cm³/mol. The van der Waals surface area contributed by atoms with E-state index in [1.165, 1.54) is 12.1 Å². The van der Waals surface area contributed by atoms with Crippen molar-refractivity contribution in [2.24, 2.45) is 0 Å². The largest absolute Gasteiger partial charge is 0.462 e. The summed E-state index contributed by atoms with van der Waals surface area (Å²) in [6.45, 7) is 2.12. The number of hydrogen-bond acceptors (Lipinski definition) is 2. The molecule has 0 radical (unpaired) electrons. The molecule has 0 bridgehead atoms. The van der Waals surface area contributed by atoms with Crippen molar-refractivity contribution in [3.63, 3.8) is 0 Å². The molecular weight excluding hydrogens is 195 g/mol. The van der Waals surface area contributed by atoms with Crippen LogP contribution in [-0.2, 0) is 17.6 Å². The first-order chi connectivity index (χ1) is 7.24. The Morgan fingerprint density at radius 1 is 1.40 bits per heavy atom. The minimum atomic E-state index is -0.337. The zero-order valence-corrected chi connectivity index (χ0v) is 8.68. The van der Waals surface area contributed by atoms with Gasteiger partial charge in [-0.15, -0.1) is 0 Å². The maximum Gasteiger partial charge on any atom is 0.338 e. The van der Waals surface area contributed by atoms with Crippen LogP contribution in [0.1, 0.15) is 34.8 Å². The molecule has 0 aromatic heterocycles. The van der Waals surface area contributed by atoms with Crippen molar-refractivity contribution in [1.82, 2.24) is 0 Å². The highest BCUT2D eigenvalue weighted by Crippen LogP contribution is 2.28. The Bertz CT molecular complexity index is 399. The van der Waals surface area contributed by atoms with E-state index in [2.05, 4.69) is 0 Å². The second kappa shape index (κ2) is 4.01. The summed E-state index contributed by atoms with van der Waals surface area (Å²) in [5, 5.41) is 0. The average molecular weight is 208 g/mol. The molecule has 0 heterocycles. The van der Waals surface area contributed by atoms with Crippen LogP contribution >= 0.6 is 0 Å². The van der Waals surface area contributed by atoms with Gasteiger partial charge in [-0.05, 0) is 49.4 Å². The molecule has 15 heavy (non-hydrogen) atoms. The van der Waals surface area contributed by atoms with Gasteiger partial charge in [0.25, 0.3) is 0 Å². The fourth-order valence-electron chi connectivity index (χ4n) is 2.06. The average Bonchev–Trinajstić information content (AvgIpc) is 2.68. The van der Waals surface area contributed by atoms with Crippen LogP contribution in [0.3, 0.4) is 0 Å². The van der Waals surface area contributed by atoms with Gasteiger partial charge in [0.05, 0.1) is 12.2 Å².